The van der Waals surface area contributed by atoms with Crippen molar-refractivity contribution in [2.75, 3.05) is 7.11 Å². The Morgan fingerprint density at radius 3 is 2.72 bits per heavy atom. The number of primary amides is 1. The topological polar surface area (TPSA) is 70.1 Å². The molecule has 0 radical (unpaired) electrons. The summed E-state index contributed by atoms with van der Waals surface area (Å²) in [6.45, 7) is 4.61. The molecule has 5 nitrogen and oxygen atoms in total. The fraction of sp³-hybridized carbons (Fsp3) is 0.263. The Balaban J connectivity index is 1.98. The molecule has 3 rings (SSSR count). The number of carbonyl (C=O) groups excluding carboxylic acids is 1. The zero-order valence-corrected chi connectivity index (χ0v) is 15.4. The number of hydrogen-bond donors (Lipinski definition) is 1. The van der Waals surface area contributed by atoms with Crippen molar-refractivity contribution in [2.24, 2.45) is 5.73 Å². The first-order valence-electron chi connectivity index (χ1n) is 8.05. The highest BCUT2D eigenvalue weighted by Crippen LogP contribution is 2.28. The minimum absolute atomic E-state index is 0.415. The van der Waals surface area contributed by atoms with E-state index in [1.807, 2.05) is 43.5 Å². The Labute approximate surface area is 151 Å². The summed E-state index contributed by atoms with van der Waals surface area (Å²) in [5, 5.41) is 3.00. The van der Waals surface area contributed by atoms with E-state index in [4.69, 9.17) is 10.5 Å². The SMILES string of the molecule is COc1ccccc1CCn1c(-c2csc(C)n2)cc(C(N)=O)c1C. The van der Waals surface area contributed by atoms with Crippen LogP contribution in [-0.2, 0) is 13.0 Å². The quantitative estimate of drug-likeness (QED) is 0.735. The van der Waals surface area contributed by atoms with Crippen LogP contribution >= 0.6 is 11.3 Å². The van der Waals surface area contributed by atoms with Crippen molar-refractivity contribution < 1.29 is 9.53 Å². The van der Waals surface area contributed by atoms with E-state index in [2.05, 4.69) is 15.6 Å². The van der Waals surface area contributed by atoms with Crippen LogP contribution in [0.4, 0.5) is 0 Å². The van der Waals surface area contributed by atoms with E-state index in [-0.39, 0.29) is 0 Å². The number of nitrogens with two attached hydrogens (primary N) is 1. The highest BCUT2D eigenvalue weighted by Gasteiger charge is 2.18. The Bertz CT molecular complexity index is 911. The monoisotopic (exact) mass is 355 g/mol. The third-order valence-corrected chi connectivity index (χ3v) is 5.08. The summed E-state index contributed by atoms with van der Waals surface area (Å²) in [7, 11) is 1.68. The number of carbonyl (C=O) groups is 1. The molecule has 0 atom stereocenters. The van der Waals surface area contributed by atoms with E-state index in [9.17, 15) is 4.79 Å². The molecule has 0 aliphatic carbocycles. The van der Waals surface area contributed by atoms with Crippen molar-refractivity contribution in [2.45, 2.75) is 26.8 Å². The van der Waals surface area contributed by atoms with E-state index in [0.717, 1.165) is 39.8 Å². The number of amides is 1. The minimum atomic E-state index is -0.415. The van der Waals surface area contributed by atoms with Gasteiger partial charge < -0.3 is 15.0 Å². The van der Waals surface area contributed by atoms with Crippen LogP contribution in [0.3, 0.4) is 0 Å². The Morgan fingerprint density at radius 1 is 1.32 bits per heavy atom. The van der Waals surface area contributed by atoms with Crippen molar-refractivity contribution in [1.82, 2.24) is 9.55 Å². The fourth-order valence-electron chi connectivity index (χ4n) is 3.02. The van der Waals surface area contributed by atoms with Crippen molar-refractivity contribution in [3.8, 4) is 17.1 Å². The predicted molar refractivity (Wildman–Crippen MR) is 100 cm³/mol. The molecule has 2 N–H and O–H groups in total. The third-order valence-electron chi connectivity index (χ3n) is 4.31. The van der Waals surface area contributed by atoms with Gasteiger partial charge in [0.1, 0.15) is 5.75 Å². The van der Waals surface area contributed by atoms with Crippen molar-refractivity contribution in [1.29, 1.82) is 0 Å². The molecular formula is C19H21N3O2S. The molecular weight excluding hydrogens is 334 g/mol. The smallest absolute Gasteiger partial charge is 0.250 e. The Morgan fingerprint density at radius 2 is 2.08 bits per heavy atom. The normalized spacial score (nSPS) is 10.8. The first-order chi connectivity index (χ1) is 12.0. The number of methoxy groups -OCH3 is 1. The number of hydrogen-bond acceptors (Lipinski definition) is 4. The van der Waals surface area contributed by atoms with Gasteiger partial charge in [0.05, 0.1) is 29.1 Å². The van der Waals surface area contributed by atoms with Gasteiger partial charge in [-0.05, 0) is 38.0 Å². The lowest BCUT2D eigenvalue weighted by Crippen LogP contribution is -2.13. The molecule has 0 saturated heterocycles. The molecule has 0 spiro atoms. The molecule has 0 unspecified atom stereocenters. The maximum Gasteiger partial charge on any atom is 0.250 e. The number of nitrogens with zero attached hydrogens (tertiary/aromatic N) is 2. The first kappa shape index (κ1) is 17.2. The van der Waals surface area contributed by atoms with Crippen LogP contribution in [0.5, 0.6) is 5.75 Å². The summed E-state index contributed by atoms with van der Waals surface area (Å²) in [5.74, 6) is 0.454. The molecule has 6 heteroatoms. The van der Waals surface area contributed by atoms with Crippen LogP contribution in [0.1, 0.15) is 26.6 Å². The standard InChI is InChI=1S/C19H21N3O2S/c1-12-15(19(20)23)10-17(16-11-25-13(2)21-16)22(12)9-8-14-6-4-5-7-18(14)24-3/h4-7,10-11H,8-9H2,1-3H3,(H2,20,23). The Kier molecular flexibility index (Phi) is 4.90. The molecule has 1 amide bonds. The van der Waals surface area contributed by atoms with Gasteiger partial charge in [0, 0.05) is 17.6 Å². The maximum atomic E-state index is 11.8. The van der Waals surface area contributed by atoms with Gasteiger partial charge in [-0.1, -0.05) is 18.2 Å². The van der Waals surface area contributed by atoms with E-state index >= 15 is 0 Å². The van der Waals surface area contributed by atoms with Crippen LogP contribution in [0, 0.1) is 13.8 Å². The lowest BCUT2D eigenvalue weighted by Gasteiger charge is -2.13. The number of thiazole rings is 1. The van der Waals surface area contributed by atoms with Crippen LogP contribution in [0.2, 0.25) is 0 Å². The second-order valence-electron chi connectivity index (χ2n) is 5.86. The molecule has 130 valence electrons. The van der Waals surface area contributed by atoms with Crippen molar-refractivity contribution in [3.05, 3.63) is 57.5 Å². The molecule has 2 aromatic heterocycles. The van der Waals surface area contributed by atoms with Gasteiger partial charge in [-0.3, -0.25) is 4.79 Å². The van der Waals surface area contributed by atoms with Gasteiger partial charge in [0.15, 0.2) is 0 Å². The lowest BCUT2D eigenvalue weighted by molar-refractivity contribution is 0.0999. The average Bonchev–Trinajstić information content (AvgIpc) is 3.16. The van der Waals surface area contributed by atoms with Crippen LogP contribution in [0.25, 0.3) is 11.4 Å². The van der Waals surface area contributed by atoms with Crippen molar-refractivity contribution in [3.63, 3.8) is 0 Å². The van der Waals surface area contributed by atoms with Gasteiger partial charge in [-0.2, -0.15) is 0 Å². The second-order valence-corrected chi connectivity index (χ2v) is 6.92. The summed E-state index contributed by atoms with van der Waals surface area (Å²) in [5.41, 5.74) is 9.87. The molecule has 0 aliphatic heterocycles. The zero-order valence-electron chi connectivity index (χ0n) is 14.6. The van der Waals surface area contributed by atoms with E-state index in [1.165, 1.54) is 0 Å². The Hall–Kier alpha value is -2.60. The van der Waals surface area contributed by atoms with Gasteiger partial charge in [-0.25, -0.2) is 4.98 Å². The fourth-order valence-corrected chi connectivity index (χ4v) is 3.62. The van der Waals surface area contributed by atoms with E-state index < -0.39 is 5.91 Å². The van der Waals surface area contributed by atoms with Crippen LogP contribution < -0.4 is 10.5 Å². The first-order valence-corrected chi connectivity index (χ1v) is 8.93. The van der Waals surface area contributed by atoms with Crippen molar-refractivity contribution >= 4 is 17.2 Å². The molecule has 1 aromatic carbocycles. The zero-order chi connectivity index (χ0) is 18.0. The summed E-state index contributed by atoms with van der Waals surface area (Å²) in [6.07, 6.45) is 0.786. The molecule has 0 saturated carbocycles. The molecule has 0 fully saturated rings. The number of aromatic nitrogens is 2. The number of aryl methyl sites for hydroxylation is 2. The van der Waals surface area contributed by atoms with Gasteiger partial charge in [0.25, 0.3) is 5.91 Å². The highest BCUT2D eigenvalue weighted by atomic mass is 32.1. The van der Waals surface area contributed by atoms with Gasteiger partial charge in [0.2, 0.25) is 0 Å². The maximum absolute atomic E-state index is 11.8. The predicted octanol–water partition coefficient (Wildman–Crippen LogP) is 3.58. The summed E-state index contributed by atoms with van der Waals surface area (Å²) in [4.78, 5) is 16.3. The molecule has 0 aliphatic rings. The van der Waals surface area contributed by atoms with Crippen LogP contribution in [-0.4, -0.2) is 22.6 Å². The van der Waals surface area contributed by atoms with Gasteiger partial charge in [-0.15, -0.1) is 11.3 Å². The van der Waals surface area contributed by atoms with E-state index in [0.29, 0.717) is 12.1 Å². The number of benzene rings is 1. The summed E-state index contributed by atoms with van der Waals surface area (Å²) < 4.78 is 7.54. The summed E-state index contributed by atoms with van der Waals surface area (Å²) >= 11 is 1.59. The molecule has 25 heavy (non-hydrogen) atoms. The molecule has 3 aromatic rings. The molecule has 0 bridgehead atoms. The third kappa shape index (κ3) is 3.44. The van der Waals surface area contributed by atoms with Crippen LogP contribution in [0.15, 0.2) is 35.7 Å². The number of para-hydroxylation sites is 1. The van der Waals surface area contributed by atoms with Gasteiger partial charge >= 0.3 is 0 Å². The minimum Gasteiger partial charge on any atom is -0.496 e. The number of rotatable bonds is 6. The van der Waals surface area contributed by atoms with E-state index in [1.54, 1.807) is 18.4 Å². The second kappa shape index (κ2) is 7.11. The lowest BCUT2D eigenvalue weighted by atomic mass is 10.1. The molecule has 2 heterocycles. The largest absolute Gasteiger partial charge is 0.496 e. The highest BCUT2D eigenvalue weighted by molar-refractivity contribution is 7.09. The summed E-state index contributed by atoms with van der Waals surface area (Å²) in [6, 6.07) is 9.81. The average molecular weight is 355 g/mol. The number of ether oxygens (including phenoxy) is 1.